The molecule has 1 unspecified atom stereocenters. The average Bonchev–Trinajstić information content (AvgIpc) is 2.11. The summed E-state index contributed by atoms with van der Waals surface area (Å²) in [5.41, 5.74) is -0.860. The smallest absolute Gasteiger partial charge is 0.143 e. The van der Waals surface area contributed by atoms with Gasteiger partial charge in [0.2, 0.25) is 0 Å². The monoisotopic (exact) mass is 177 g/mol. The molecule has 0 heterocycles. The maximum absolute atomic E-state index is 8.72. The Balaban J connectivity index is 3.04. The van der Waals surface area contributed by atoms with Crippen molar-refractivity contribution in [2.24, 2.45) is 10.8 Å². The fraction of sp³-hybridized carbons (Fsp3) is 0.857. The molecule has 10 heavy (non-hydrogen) atoms. The third-order valence-electron chi connectivity index (χ3n) is 2.82. The van der Waals surface area contributed by atoms with Crippen molar-refractivity contribution in [3.63, 3.8) is 0 Å². The van der Waals surface area contributed by atoms with E-state index in [0.717, 1.165) is 0 Å². The highest BCUT2D eigenvalue weighted by Crippen LogP contribution is 2.77. The van der Waals surface area contributed by atoms with E-state index in [0.29, 0.717) is 0 Å². The summed E-state index contributed by atoms with van der Waals surface area (Å²) in [5, 5.41) is 8.72. The zero-order chi connectivity index (χ0) is 8.21. The summed E-state index contributed by atoms with van der Waals surface area (Å²) in [6, 6.07) is 2.13. The first-order valence-electron chi connectivity index (χ1n) is 3.10. The van der Waals surface area contributed by atoms with E-state index in [1.165, 1.54) is 0 Å². The van der Waals surface area contributed by atoms with Crippen molar-refractivity contribution in [2.45, 2.75) is 25.1 Å². The molecule has 56 valence electrons. The van der Waals surface area contributed by atoms with Gasteiger partial charge in [0.15, 0.2) is 0 Å². The summed E-state index contributed by atoms with van der Waals surface area (Å²) in [7, 11) is 0. The quantitative estimate of drug-likeness (QED) is 0.523. The van der Waals surface area contributed by atoms with E-state index >= 15 is 0 Å². The van der Waals surface area contributed by atoms with Crippen LogP contribution >= 0.6 is 23.2 Å². The third kappa shape index (κ3) is 0.512. The van der Waals surface area contributed by atoms with E-state index in [1.807, 2.05) is 13.8 Å². The highest BCUT2D eigenvalue weighted by atomic mass is 35.5. The Morgan fingerprint density at radius 2 is 1.50 bits per heavy atom. The maximum atomic E-state index is 8.72. The Morgan fingerprint density at radius 3 is 1.50 bits per heavy atom. The van der Waals surface area contributed by atoms with Crippen molar-refractivity contribution in [1.29, 1.82) is 5.26 Å². The van der Waals surface area contributed by atoms with Gasteiger partial charge in [-0.2, -0.15) is 5.26 Å². The molecule has 0 radical (unpaired) electrons. The zero-order valence-corrected chi connectivity index (χ0v) is 7.72. The number of rotatable bonds is 0. The average molecular weight is 178 g/mol. The summed E-state index contributed by atoms with van der Waals surface area (Å²) in [5.74, 6) is 0. The highest BCUT2D eigenvalue weighted by Gasteiger charge is 2.80. The van der Waals surface area contributed by atoms with Crippen molar-refractivity contribution in [1.82, 2.24) is 0 Å². The van der Waals surface area contributed by atoms with E-state index in [1.54, 1.807) is 6.92 Å². The molecule has 1 saturated carbocycles. The Bertz CT molecular complexity index is 198. The lowest BCUT2D eigenvalue weighted by Crippen LogP contribution is -1.99. The first kappa shape index (κ1) is 8.17. The van der Waals surface area contributed by atoms with Crippen molar-refractivity contribution in [3.8, 4) is 6.07 Å². The van der Waals surface area contributed by atoms with E-state index in [9.17, 15) is 0 Å². The Morgan fingerprint density at radius 1 is 1.20 bits per heavy atom. The van der Waals surface area contributed by atoms with Gasteiger partial charge in [0, 0.05) is 5.41 Å². The van der Waals surface area contributed by atoms with Crippen LogP contribution in [0.15, 0.2) is 0 Å². The van der Waals surface area contributed by atoms with Gasteiger partial charge in [-0.05, 0) is 6.92 Å². The lowest BCUT2D eigenvalue weighted by atomic mass is 10.0. The molecule has 1 aliphatic rings. The second-order valence-electron chi connectivity index (χ2n) is 3.44. The van der Waals surface area contributed by atoms with Crippen LogP contribution < -0.4 is 0 Å². The van der Waals surface area contributed by atoms with Crippen molar-refractivity contribution in [3.05, 3.63) is 0 Å². The van der Waals surface area contributed by atoms with Crippen LogP contribution in [0, 0.1) is 22.2 Å². The van der Waals surface area contributed by atoms with Gasteiger partial charge in [0.25, 0.3) is 0 Å². The molecule has 1 nitrogen and oxygen atoms in total. The van der Waals surface area contributed by atoms with Crippen molar-refractivity contribution >= 4 is 23.2 Å². The molecule has 0 N–H and O–H groups in total. The van der Waals surface area contributed by atoms with Crippen LogP contribution in [0.25, 0.3) is 0 Å². The first-order valence-corrected chi connectivity index (χ1v) is 3.86. The number of hydrogen-bond acceptors (Lipinski definition) is 1. The predicted octanol–water partition coefficient (Wildman–Crippen LogP) is 2.73. The summed E-state index contributed by atoms with van der Waals surface area (Å²) < 4.78 is -0.866. The van der Waals surface area contributed by atoms with Gasteiger partial charge in [0.05, 0.1) is 11.5 Å². The van der Waals surface area contributed by atoms with E-state index in [2.05, 4.69) is 6.07 Å². The SMILES string of the molecule is CC1(C)C(Cl)(Cl)C1(C)C#N. The van der Waals surface area contributed by atoms with Gasteiger partial charge in [-0.1, -0.05) is 37.0 Å². The molecule has 0 saturated heterocycles. The van der Waals surface area contributed by atoms with E-state index in [4.69, 9.17) is 28.5 Å². The van der Waals surface area contributed by atoms with Crippen LogP contribution in [-0.2, 0) is 0 Å². The van der Waals surface area contributed by atoms with Crippen LogP contribution in [0.4, 0.5) is 0 Å². The van der Waals surface area contributed by atoms with Gasteiger partial charge in [-0.15, -0.1) is 0 Å². The minimum atomic E-state index is -0.866. The molecule has 1 aliphatic carbocycles. The van der Waals surface area contributed by atoms with Gasteiger partial charge >= 0.3 is 0 Å². The lowest BCUT2D eigenvalue weighted by Gasteiger charge is -1.99. The number of halogens is 2. The highest BCUT2D eigenvalue weighted by molar-refractivity contribution is 6.52. The van der Waals surface area contributed by atoms with E-state index in [-0.39, 0.29) is 5.41 Å². The van der Waals surface area contributed by atoms with Crippen LogP contribution in [0.1, 0.15) is 20.8 Å². The van der Waals surface area contributed by atoms with Gasteiger partial charge in [-0.25, -0.2) is 0 Å². The molecular formula is C7H9Cl2N. The van der Waals surface area contributed by atoms with Crippen LogP contribution in [-0.4, -0.2) is 4.33 Å². The number of nitrogens with zero attached hydrogens (tertiary/aromatic N) is 1. The summed E-state index contributed by atoms with van der Waals surface area (Å²) in [6.07, 6.45) is 0. The minimum absolute atomic E-state index is 0.280. The van der Waals surface area contributed by atoms with Crippen LogP contribution in [0.3, 0.4) is 0 Å². The lowest BCUT2D eigenvalue weighted by molar-refractivity contribution is 0.511. The Kier molecular flexibility index (Phi) is 1.33. The maximum Gasteiger partial charge on any atom is 0.143 e. The molecule has 3 heteroatoms. The second-order valence-corrected chi connectivity index (χ2v) is 4.76. The standard InChI is InChI=1S/C7H9Cl2N/c1-5(2)6(3,4-10)7(5,8)9/h1-3H3. The third-order valence-corrected chi connectivity index (χ3v) is 4.52. The number of alkyl halides is 2. The topological polar surface area (TPSA) is 23.8 Å². The zero-order valence-electron chi connectivity index (χ0n) is 6.20. The molecule has 0 aromatic heterocycles. The molecular weight excluding hydrogens is 169 g/mol. The molecule has 0 aromatic carbocycles. The molecule has 1 rings (SSSR count). The molecule has 1 fully saturated rings. The molecule has 0 aliphatic heterocycles. The van der Waals surface area contributed by atoms with Crippen molar-refractivity contribution < 1.29 is 0 Å². The second kappa shape index (κ2) is 1.62. The normalized spacial score (nSPS) is 40.4. The molecule has 0 bridgehead atoms. The number of hydrogen-bond donors (Lipinski definition) is 0. The van der Waals surface area contributed by atoms with Gasteiger partial charge in [0.1, 0.15) is 4.33 Å². The molecule has 0 spiro atoms. The number of nitriles is 1. The fourth-order valence-corrected chi connectivity index (χ4v) is 2.02. The predicted molar refractivity (Wildman–Crippen MR) is 41.9 cm³/mol. The minimum Gasteiger partial charge on any atom is -0.198 e. The van der Waals surface area contributed by atoms with Crippen LogP contribution in [0.2, 0.25) is 0 Å². The molecule has 0 amide bonds. The van der Waals surface area contributed by atoms with Crippen molar-refractivity contribution in [2.75, 3.05) is 0 Å². The fourth-order valence-electron chi connectivity index (χ4n) is 1.18. The summed E-state index contributed by atoms with van der Waals surface area (Å²) in [4.78, 5) is 0. The Labute approximate surface area is 70.9 Å². The summed E-state index contributed by atoms with van der Waals surface area (Å²) in [6.45, 7) is 5.58. The van der Waals surface area contributed by atoms with Gasteiger partial charge in [-0.3, -0.25) is 0 Å². The van der Waals surface area contributed by atoms with Crippen LogP contribution in [0.5, 0.6) is 0 Å². The molecule has 0 aromatic rings. The van der Waals surface area contributed by atoms with Gasteiger partial charge < -0.3 is 0 Å². The summed E-state index contributed by atoms with van der Waals surface area (Å²) >= 11 is 11.8. The Hall–Kier alpha value is 0.0700. The first-order chi connectivity index (χ1) is 4.31. The van der Waals surface area contributed by atoms with E-state index < -0.39 is 9.75 Å². The molecule has 1 atom stereocenters. The largest absolute Gasteiger partial charge is 0.198 e.